The van der Waals surface area contributed by atoms with Crippen LogP contribution in [0.1, 0.15) is 19.3 Å². The molecule has 2 aliphatic rings. The molecule has 1 aliphatic carbocycles. The van der Waals surface area contributed by atoms with Gasteiger partial charge >= 0.3 is 0 Å². The number of thioether (sulfide) groups is 1. The summed E-state index contributed by atoms with van der Waals surface area (Å²) >= 11 is 2.07. The van der Waals surface area contributed by atoms with Crippen LogP contribution >= 0.6 is 11.8 Å². The van der Waals surface area contributed by atoms with Gasteiger partial charge in [-0.1, -0.05) is 0 Å². The molecule has 2 bridgehead atoms. The van der Waals surface area contributed by atoms with Crippen molar-refractivity contribution in [3.63, 3.8) is 0 Å². The molecule has 2 unspecified atom stereocenters. The smallest absolute Gasteiger partial charge is 0.0327 e. The lowest BCUT2D eigenvalue weighted by Gasteiger charge is -1.95. The Morgan fingerprint density at radius 3 is 2.57 bits per heavy atom. The summed E-state index contributed by atoms with van der Waals surface area (Å²) in [6, 6.07) is 0. The molecular formula is C6H9S+. The van der Waals surface area contributed by atoms with E-state index in [9.17, 15) is 0 Å². The molecule has 1 saturated carbocycles. The highest BCUT2D eigenvalue weighted by Crippen LogP contribution is 2.46. The summed E-state index contributed by atoms with van der Waals surface area (Å²) in [5.74, 6) is 3.43. The Labute approximate surface area is 48.7 Å². The van der Waals surface area contributed by atoms with Crippen molar-refractivity contribution in [1.29, 1.82) is 0 Å². The molecule has 2 rings (SSSR count). The lowest BCUT2D eigenvalue weighted by Crippen LogP contribution is -1.89. The van der Waals surface area contributed by atoms with Gasteiger partial charge in [0.1, 0.15) is 11.7 Å². The summed E-state index contributed by atoms with van der Waals surface area (Å²) in [7, 11) is 0. The van der Waals surface area contributed by atoms with E-state index in [-0.39, 0.29) is 0 Å². The van der Waals surface area contributed by atoms with Crippen molar-refractivity contribution in [1.82, 2.24) is 0 Å². The molecule has 1 saturated heterocycles. The Kier molecular flexibility index (Phi) is 0.795. The first-order valence-corrected chi connectivity index (χ1v) is 3.88. The van der Waals surface area contributed by atoms with Gasteiger partial charge in [-0.15, -0.1) is 0 Å². The van der Waals surface area contributed by atoms with Gasteiger partial charge in [-0.25, -0.2) is 0 Å². The molecule has 7 heavy (non-hydrogen) atoms. The topological polar surface area (TPSA) is 0 Å². The molecule has 0 nitrogen and oxygen atoms in total. The van der Waals surface area contributed by atoms with Crippen LogP contribution in [0.25, 0.3) is 0 Å². The predicted molar refractivity (Wildman–Crippen MR) is 33.0 cm³/mol. The SMILES string of the molecule is [CH+]1SC2CCC1C2. The first kappa shape index (κ1) is 4.13. The van der Waals surface area contributed by atoms with Gasteiger partial charge in [0.25, 0.3) is 0 Å². The lowest BCUT2D eigenvalue weighted by molar-refractivity contribution is 0.681. The third kappa shape index (κ3) is 0.548. The van der Waals surface area contributed by atoms with E-state index in [2.05, 4.69) is 17.5 Å². The van der Waals surface area contributed by atoms with E-state index in [4.69, 9.17) is 0 Å². The Hall–Kier alpha value is 0.220. The highest BCUT2D eigenvalue weighted by molar-refractivity contribution is 8.02. The fourth-order valence-corrected chi connectivity index (χ4v) is 2.76. The average molecular weight is 113 g/mol. The molecule has 1 heterocycles. The van der Waals surface area contributed by atoms with Gasteiger partial charge in [-0.2, -0.15) is 0 Å². The van der Waals surface area contributed by atoms with Gasteiger partial charge in [0.05, 0.1) is 17.0 Å². The van der Waals surface area contributed by atoms with Crippen molar-refractivity contribution < 1.29 is 0 Å². The quantitative estimate of drug-likeness (QED) is 0.433. The first-order chi connectivity index (χ1) is 3.45. The van der Waals surface area contributed by atoms with Crippen molar-refractivity contribution in [3.8, 4) is 0 Å². The number of fused-ring (bicyclic) bond motifs is 2. The van der Waals surface area contributed by atoms with E-state index in [1.165, 1.54) is 19.3 Å². The third-order valence-electron chi connectivity index (χ3n) is 1.89. The molecule has 0 aromatic carbocycles. The summed E-state index contributed by atoms with van der Waals surface area (Å²) in [6.07, 6.45) is 4.47. The zero-order valence-electron chi connectivity index (χ0n) is 4.26. The third-order valence-corrected chi connectivity index (χ3v) is 3.24. The molecule has 2 atom stereocenters. The minimum atomic E-state index is 1.01. The first-order valence-electron chi connectivity index (χ1n) is 2.94. The normalized spacial score (nSPS) is 46.9. The van der Waals surface area contributed by atoms with Gasteiger partial charge in [-0.3, -0.25) is 0 Å². The predicted octanol–water partition coefficient (Wildman–Crippen LogP) is 2.06. The number of hydrogen-bond donors (Lipinski definition) is 0. The minimum absolute atomic E-state index is 1.01. The van der Waals surface area contributed by atoms with E-state index in [1.54, 1.807) is 0 Å². The largest absolute Gasteiger partial charge is 0.146 e. The highest BCUT2D eigenvalue weighted by atomic mass is 32.2. The Morgan fingerprint density at radius 2 is 2.43 bits per heavy atom. The highest BCUT2D eigenvalue weighted by Gasteiger charge is 2.40. The minimum Gasteiger partial charge on any atom is -0.0327 e. The second-order valence-corrected chi connectivity index (χ2v) is 3.68. The molecule has 0 amide bonds. The van der Waals surface area contributed by atoms with Crippen molar-refractivity contribution in [2.24, 2.45) is 5.92 Å². The lowest BCUT2D eigenvalue weighted by atomic mass is 10.1. The summed E-state index contributed by atoms with van der Waals surface area (Å²) < 4.78 is 0. The standard InChI is InChI=1S/C6H9S/c1-2-6-3-5(1)4-7-6/h4-6H,1-3H2/q+1. The molecule has 0 aromatic heterocycles. The van der Waals surface area contributed by atoms with Crippen LogP contribution in [0, 0.1) is 11.7 Å². The van der Waals surface area contributed by atoms with Gasteiger partial charge in [0.2, 0.25) is 0 Å². The van der Waals surface area contributed by atoms with Crippen LogP contribution in [0.15, 0.2) is 0 Å². The van der Waals surface area contributed by atoms with Gasteiger partial charge in [-0.05, 0) is 12.8 Å². The van der Waals surface area contributed by atoms with Crippen LogP contribution in [-0.2, 0) is 0 Å². The van der Waals surface area contributed by atoms with E-state index in [0.717, 1.165) is 11.2 Å². The monoisotopic (exact) mass is 113 g/mol. The summed E-state index contributed by atoms with van der Waals surface area (Å²) in [5, 5.41) is 1.03. The second-order valence-electron chi connectivity index (χ2n) is 2.47. The fourth-order valence-electron chi connectivity index (χ4n) is 1.44. The number of hydrogen-bond acceptors (Lipinski definition) is 1. The van der Waals surface area contributed by atoms with Gasteiger partial charge < -0.3 is 0 Å². The van der Waals surface area contributed by atoms with Crippen molar-refractivity contribution >= 4 is 11.8 Å². The van der Waals surface area contributed by atoms with Crippen LogP contribution in [0.4, 0.5) is 0 Å². The maximum absolute atomic E-state index is 2.42. The van der Waals surface area contributed by atoms with Crippen molar-refractivity contribution in [2.75, 3.05) is 0 Å². The molecule has 1 aliphatic heterocycles. The molecule has 0 N–H and O–H groups in total. The van der Waals surface area contributed by atoms with Crippen molar-refractivity contribution in [3.05, 3.63) is 5.75 Å². The van der Waals surface area contributed by atoms with Crippen LogP contribution in [-0.4, -0.2) is 5.25 Å². The Bertz CT molecular complexity index is 62.2. The van der Waals surface area contributed by atoms with E-state index < -0.39 is 0 Å². The maximum atomic E-state index is 2.42. The van der Waals surface area contributed by atoms with Gasteiger partial charge in [0.15, 0.2) is 0 Å². The zero-order valence-corrected chi connectivity index (χ0v) is 5.08. The summed E-state index contributed by atoms with van der Waals surface area (Å²) in [5.41, 5.74) is 0. The molecular weight excluding hydrogens is 104 g/mol. The van der Waals surface area contributed by atoms with Crippen LogP contribution < -0.4 is 0 Å². The van der Waals surface area contributed by atoms with E-state index in [1.807, 2.05) is 0 Å². The molecule has 0 spiro atoms. The Balaban J connectivity index is 2.12. The molecule has 0 radical (unpaired) electrons. The van der Waals surface area contributed by atoms with Crippen molar-refractivity contribution in [2.45, 2.75) is 24.5 Å². The summed E-state index contributed by atoms with van der Waals surface area (Å²) in [4.78, 5) is 0. The molecule has 0 aromatic rings. The maximum Gasteiger partial charge on any atom is 0.146 e. The van der Waals surface area contributed by atoms with Crippen LogP contribution in [0.3, 0.4) is 0 Å². The van der Waals surface area contributed by atoms with Crippen LogP contribution in [0.5, 0.6) is 0 Å². The van der Waals surface area contributed by atoms with Gasteiger partial charge in [0, 0.05) is 6.42 Å². The summed E-state index contributed by atoms with van der Waals surface area (Å²) in [6.45, 7) is 0. The Morgan fingerprint density at radius 1 is 1.43 bits per heavy atom. The fraction of sp³-hybridized carbons (Fsp3) is 0.833. The number of rotatable bonds is 0. The molecule has 1 heteroatoms. The molecule has 38 valence electrons. The average Bonchev–Trinajstić information content (AvgIpc) is 2.22. The second kappa shape index (κ2) is 1.35. The van der Waals surface area contributed by atoms with E-state index in [0.29, 0.717) is 0 Å². The zero-order chi connectivity index (χ0) is 4.69. The molecule has 2 fully saturated rings. The van der Waals surface area contributed by atoms with E-state index >= 15 is 0 Å². The van der Waals surface area contributed by atoms with Crippen LogP contribution in [0.2, 0.25) is 0 Å².